The number of nitrogens with zero attached hydrogens (tertiary/aromatic N) is 4. The fourth-order valence-corrected chi connectivity index (χ4v) is 4.37. The van der Waals surface area contributed by atoms with Crippen molar-refractivity contribution in [1.29, 1.82) is 0 Å². The lowest BCUT2D eigenvalue weighted by Gasteiger charge is -2.25. The van der Waals surface area contributed by atoms with Crippen LogP contribution in [0.15, 0.2) is 11.1 Å². The van der Waals surface area contributed by atoms with Gasteiger partial charge in [-0.3, -0.25) is 9.48 Å². The first-order valence-corrected chi connectivity index (χ1v) is 10.2. The van der Waals surface area contributed by atoms with E-state index in [0.717, 1.165) is 43.0 Å². The van der Waals surface area contributed by atoms with Crippen LogP contribution in [0.25, 0.3) is 0 Å². The van der Waals surface area contributed by atoms with E-state index < -0.39 is 0 Å². The SMILES string of the molecule is Cc1cc(C)n(CCCNC(=NCC(=O)N(C)C)NC2CC3CCC2C3)n1. The smallest absolute Gasteiger partial charge is 0.243 e. The summed E-state index contributed by atoms with van der Waals surface area (Å²) < 4.78 is 2.05. The van der Waals surface area contributed by atoms with Gasteiger partial charge in [0.25, 0.3) is 0 Å². The Bertz CT molecular complexity index is 680. The Balaban J connectivity index is 1.51. The molecular formula is C20H34N6O. The van der Waals surface area contributed by atoms with Gasteiger partial charge in [0.15, 0.2) is 5.96 Å². The van der Waals surface area contributed by atoms with Crippen LogP contribution in [0.3, 0.4) is 0 Å². The van der Waals surface area contributed by atoms with E-state index in [0.29, 0.717) is 6.04 Å². The van der Waals surface area contributed by atoms with E-state index >= 15 is 0 Å². The third-order valence-corrected chi connectivity index (χ3v) is 5.87. The molecule has 2 fully saturated rings. The molecule has 0 saturated heterocycles. The molecule has 27 heavy (non-hydrogen) atoms. The number of carbonyl (C=O) groups excluding carboxylic acids is 1. The van der Waals surface area contributed by atoms with E-state index in [1.165, 1.54) is 31.4 Å². The fraction of sp³-hybridized carbons (Fsp3) is 0.750. The lowest BCUT2D eigenvalue weighted by atomic mass is 9.95. The van der Waals surface area contributed by atoms with Crippen LogP contribution in [-0.4, -0.2) is 59.8 Å². The molecule has 1 amide bonds. The summed E-state index contributed by atoms with van der Waals surface area (Å²) in [5.41, 5.74) is 2.25. The van der Waals surface area contributed by atoms with Gasteiger partial charge in [0.2, 0.25) is 5.91 Å². The van der Waals surface area contributed by atoms with E-state index in [-0.39, 0.29) is 12.5 Å². The van der Waals surface area contributed by atoms with Crippen molar-refractivity contribution < 1.29 is 4.79 Å². The molecule has 3 rings (SSSR count). The van der Waals surface area contributed by atoms with Gasteiger partial charge in [0.05, 0.1) is 5.69 Å². The summed E-state index contributed by atoms with van der Waals surface area (Å²) in [6, 6.07) is 2.60. The average molecular weight is 375 g/mol. The Hall–Kier alpha value is -2.05. The standard InChI is InChI=1S/C20H34N6O/c1-14-10-15(2)26(24-14)9-5-8-21-20(22-13-19(27)25(3)4)23-18-12-16-6-7-17(18)11-16/h10,16-18H,5-9,11-13H2,1-4H3,(H2,21,22,23). The second-order valence-corrected chi connectivity index (χ2v) is 8.31. The van der Waals surface area contributed by atoms with Crippen molar-refractivity contribution in [2.24, 2.45) is 16.8 Å². The number of guanidine groups is 1. The molecule has 2 aliphatic rings. The molecule has 2 N–H and O–H groups in total. The van der Waals surface area contributed by atoms with Crippen molar-refractivity contribution in [2.45, 2.75) is 58.5 Å². The van der Waals surface area contributed by atoms with Gasteiger partial charge in [-0.05, 0) is 57.4 Å². The van der Waals surface area contributed by atoms with Gasteiger partial charge < -0.3 is 15.5 Å². The molecule has 7 heteroatoms. The molecule has 0 aromatic carbocycles. The summed E-state index contributed by atoms with van der Waals surface area (Å²) in [5.74, 6) is 2.44. The average Bonchev–Trinajstić information content (AvgIpc) is 3.31. The number of aliphatic imine (C=N–C) groups is 1. The molecule has 0 radical (unpaired) electrons. The van der Waals surface area contributed by atoms with Crippen molar-refractivity contribution in [3.63, 3.8) is 0 Å². The number of aryl methyl sites for hydroxylation is 3. The lowest BCUT2D eigenvalue weighted by molar-refractivity contribution is -0.127. The molecular weight excluding hydrogens is 340 g/mol. The Morgan fingerprint density at radius 2 is 2.15 bits per heavy atom. The third kappa shape index (κ3) is 5.23. The highest BCUT2D eigenvalue weighted by molar-refractivity contribution is 5.85. The lowest BCUT2D eigenvalue weighted by Crippen LogP contribution is -2.46. The maximum atomic E-state index is 11.9. The van der Waals surface area contributed by atoms with Crippen molar-refractivity contribution in [3.8, 4) is 0 Å². The maximum absolute atomic E-state index is 11.9. The number of likely N-dealkylation sites (N-methyl/N-ethyl adjacent to an activating group) is 1. The number of rotatable bonds is 7. The molecule has 2 bridgehead atoms. The minimum Gasteiger partial charge on any atom is -0.356 e. The second kappa shape index (κ2) is 8.76. The number of nitrogens with one attached hydrogen (secondary N) is 2. The topological polar surface area (TPSA) is 74.6 Å². The highest BCUT2D eigenvalue weighted by atomic mass is 16.2. The van der Waals surface area contributed by atoms with E-state index in [1.54, 1.807) is 19.0 Å². The van der Waals surface area contributed by atoms with E-state index in [2.05, 4.69) is 33.7 Å². The quantitative estimate of drug-likeness (QED) is 0.433. The van der Waals surface area contributed by atoms with Crippen LogP contribution in [0.5, 0.6) is 0 Å². The minimum absolute atomic E-state index is 0.0201. The molecule has 2 aliphatic carbocycles. The number of amides is 1. The van der Waals surface area contributed by atoms with Crippen LogP contribution in [0.1, 0.15) is 43.5 Å². The van der Waals surface area contributed by atoms with Crippen LogP contribution in [0.2, 0.25) is 0 Å². The Kier molecular flexibility index (Phi) is 6.39. The highest BCUT2D eigenvalue weighted by Crippen LogP contribution is 2.44. The zero-order valence-corrected chi connectivity index (χ0v) is 17.2. The summed E-state index contributed by atoms with van der Waals surface area (Å²) in [4.78, 5) is 18.0. The summed E-state index contributed by atoms with van der Waals surface area (Å²) in [5, 5.41) is 11.5. The van der Waals surface area contributed by atoms with Gasteiger partial charge in [-0.2, -0.15) is 5.10 Å². The largest absolute Gasteiger partial charge is 0.356 e. The summed E-state index contributed by atoms with van der Waals surface area (Å²) >= 11 is 0. The normalized spacial score (nSPS) is 24.3. The molecule has 7 nitrogen and oxygen atoms in total. The molecule has 1 aromatic heterocycles. The Morgan fingerprint density at radius 1 is 1.33 bits per heavy atom. The molecule has 3 atom stereocenters. The van der Waals surface area contributed by atoms with Crippen LogP contribution in [0.4, 0.5) is 0 Å². The van der Waals surface area contributed by atoms with Crippen LogP contribution in [-0.2, 0) is 11.3 Å². The van der Waals surface area contributed by atoms with Gasteiger partial charge in [-0.15, -0.1) is 0 Å². The first-order valence-electron chi connectivity index (χ1n) is 10.2. The third-order valence-electron chi connectivity index (χ3n) is 5.87. The number of hydrogen-bond donors (Lipinski definition) is 2. The Morgan fingerprint density at radius 3 is 2.74 bits per heavy atom. The number of fused-ring (bicyclic) bond motifs is 2. The van der Waals surface area contributed by atoms with Crippen molar-refractivity contribution in [2.75, 3.05) is 27.2 Å². The summed E-state index contributed by atoms with van der Waals surface area (Å²) in [7, 11) is 3.53. The van der Waals surface area contributed by atoms with Gasteiger partial charge in [0, 0.05) is 38.9 Å². The second-order valence-electron chi connectivity index (χ2n) is 8.31. The molecule has 0 spiro atoms. The molecule has 0 aliphatic heterocycles. The number of aromatic nitrogens is 2. The summed E-state index contributed by atoms with van der Waals surface area (Å²) in [6.45, 7) is 5.98. The van der Waals surface area contributed by atoms with Crippen LogP contribution >= 0.6 is 0 Å². The van der Waals surface area contributed by atoms with Gasteiger partial charge in [-0.25, -0.2) is 4.99 Å². The summed E-state index contributed by atoms with van der Waals surface area (Å²) in [6.07, 6.45) is 6.24. The Labute approximate surface area is 162 Å². The van der Waals surface area contributed by atoms with E-state index in [9.17, 15) is 4.79 Å². The number of carbonyl (C=O) groups is 1. The maximum Gasteiger partial charge on any atom is 0.243 e. The predicted molar refractivity (Wildman–Crippen MR) is 108 cm³/mol. The van der Waals surface area contributed by atoms with Gasteiger partial charge >= 0.3 is 0 Å². The molecule has 1 aromatic rings. The molecule has 1 heterocycles. The van der Waals surface area contributed by atoms with E-state index in [4.69, 9.17) is 0 Å². The first kappa shape index (κ1) is 19.7. The molecule has 3 unspecified atom stereocenters. The minimum atomic E-state index is 0.0201. The van der Waals surface area contributed by atoms with Crippen molar-refractivity contribution in [3.05, 3.63) is 17.5 Å². The highest BCUT2D eigenvalue weighted by Gasteiger charge is 2.39. The van der Waals surface area contributed by atoms with Gasteiger partial charge in [0.1, 0.15) is 6.54 Å². The van der Waals surface area contributed by atoms with Crippen LogP contribution in [0, 0.1) is 25.7 Å². The zero-order valence-electron chi connectivity index (χ0n) is 17.2. The fourth-order valence-electron chi connectivity index (χ4n) is 4.37. The predicted octanol–water partition coefficient (Wildman–Crippen LogP) is 1.70. The van der Waals surface area contributed by atoms with Crippen molar-refractivity contribution in [1.82, 2.24) is 25.3 Å². The molecule has 150 valence electrons. The van der Waals surface area contributed by atoms with Gasteiger partial charge in [-0.1, -0.05) is 6.42 Å². The molecule has 2 saturated carbocycles. The van der Waals surface area contributed by atoms with Crippen molar-refractivity contribution >= 4 is 11.9 Å². The monoisotopic (exact) mass is 374 g/mol. The number of hydrogen-bond acceptors (Lipinski definition) is 3. The van der Waals surface area contributed by atoms with E-state index in [1.807, 2.05) is 11.6 Å². The van der Waals surface area contributed by atoms with Crippen LogP contribution < -0.4 is 10.6 Å². The first-order chi connectivity index (χ1) is 12.9. The zero-order chi connectivity index (χ0) is 19.4.